The van der Waals surface area contributed by atoms with E-state index in [0.717, 1.165) is 25.9 Å². The molecule has 0 amide bonds. The van der Waals surface area contributed by atoms with Crippen molar-refractivity contribution in [2.24, 2.45) is 5.92 Å². The van der Waals surface area contributed by atoms with Gasteiger partial charge in [0, 0.05) is 17.3 Å². The van der Waals surface area contributed by atoms with Crippen LogP contribution in [0, 0.1) is 5.92 Å². The lowest BCUT2D eigenvalue weighted by molar-refractivity contribution is 0.0795. The Morgan fingerprint density at radius 2 is 2.54 bits per heavy atom. The van der Waals surface area contributed by atoms with Crippen LogP contribution in [-0.4, -0.2) is 24.3 Å². The van der Waals surface area contributed by atoms with E-state index in [0.29, 0.717) is 5.92 Å². The lowest BCUT2D eigenvalue weighted by Gasteiger charge is -2.27. The molecule has 2 rings (SSSR count). The summed E-state index contributed by atoms with van der Waals surface area (Å²) in [6.07, 6.45) is 1.81. The molecule has 1 aliphatic rings. The van der Waals surface area contributed by atoms with Crippen molar-refractivity contribution in [3.05, 3.63) is 22.4 Å². The van der Waals surface area contributed by atoms with Crippen LogP contribution < -0.4 is 5.32 Å². The predicted octanol–water partition coefficient (Wildman–Crippen LogP) is 1.26. The first-order chi connectivity index (χ1) is 6.36. The first-order valence-corrected chi connectivity index (χ1v) is 5.65. The lowest BCUT2D eigenvalue weighted by atomic mass is 9.92. The van der Waals surface area contributed by atoms with Gasteiger partial charge < -0.3 is 10.4 Å². The van der Waals surface area contributed by atoms with Crippen molar-refractivity contribution in [3.63, 3.8) is 0 Å². The molecular formula is C10H15NOS. The maximum Gasteiger partial charge on any atom is 0.0596 e. The minimum atomic E-state index is -0.108. The topological polar surface area (TPSA) is 32.3 Å². The number of hydrogen-bond acceptors (Lipinski definition) is 3. The predicted molar refractivity (Wildman–Crippen MR) is 55.0 cm³/mol. The normalized spacial score (nSPS) is 29.0. The van der Waals surface area contributed by atoms with Crippen LogP contribution in [0.15, 0.2) is 17.5 Å². The first kappa shape index (κ1) is 9.19. The average molecular weight is 197 g/mol. The third-order valence-corrected chi connectivity index (χ3v) is 3.51. The number of rotatable bonds is 2. The fourth-order valence-electron chi connectivity index (χ4n) is 1.80. The molecule has 0 saturated carbocycles. The molecule has 2 N–H and O–H groups in total. The van der Waals surface area contributed by atoms with E-state index in [1.54, 1.807) is 11.3 Å². The molecule has 0 radical (unpaired) electrons. The maximum atomic E-state index is 9.73. The third kappa shape index (κ3) is 2.30. The summed E-state index contributed by atoms with van der Waals surface area (Å²) in [5, 5.41) is 15.1. The Balaban J connectivity index is 1.93. The maximum absolute atomic E-state index is 9.73. The van der Waals surface area contributed by atoms with Crippen LogP contribution in [-0.2, 0) is 6.42 Å². The highest BCUT2D eigenvalue weighted by molar-refractivity contribution is 7.09. The third-order valence-electron chi connectivity index (χ3n) is 2.61. The van der Waals surface area contributed by atoms with Gasteiger partial charge in [-0.2, -0.15) is 0 Å². The number of nitrogens with one attached hydrogen (secondary N) is 1. The average Bonchev–Trinajstić information content (AvgIpc) is 2.61. The molecule has 2 heterocycles. The van der Waals surface area contributed by atoms with Crippen molar-refractivity contribution in [1.29, 1.82) is 0 Å². The zero-order chi connectivity index (χ0) is 9.10. The standard InChI is InChI=1S/C10H15NOS/c12-10-3-4-11-7-8(10)6-9-2-1-5-13-9/h1-2,5,8,10-12H,3-4,6-7H2. The van der Waals surface area contributed by atoms with Crippen LogP contribution in [0.25, 0.3) is 0 Å². The van der Waals surface area contributed by atoms with Crippen molar-refractivity contribution in [2.45, 2.75) is 18.9 Å². The SMILES string of the molecule is OC1CCNCC1Cc1cccs1. The van der Waals surface area contributed by atoms with Crippen LogP contribution in [0.3, 0.4) is 0 Å². The van der Waals surface area contributed by atoms with E-state index in [9.17, 15) is 5.11 Å². The fraction of sp³-hybridized carbons (Fsp3) is 0.600. The van der Waals surface area contributed by atoms with Crippen LogP contribution in [0.4, 0.5) is 0 Å². The minimum absolute atomic E-state index is 0.108. The lowest BCUT2D eigenvalue weighted by Crippen LogP contribution is -2.40. The molecule has 2 unspecified atom stereocenters. The molecule has 13 heavy (non-hydrogen) atoms. The summed E-state index contributed by atoms with van der Waals surface area (Å²) >= 11 is 1.78. The van der Waals surface area contributed by atoms with E-state index in [1.165, 1.54) is 4.88 Å². The summed E-state index contributed by atoms with van der Waals surface area (Å²) in [7, 11) is 0. The Hall–Kier alpha value is -0.380. The van der Waals surface area contributed by atoms with Gasteiger partial charge >= 0.3 is 0 Å². The summed E-state index contributed by atoms with van der Waals surface area (Å²) in [6, 6.07) is 4.22. The van der Waals surface area contributed by atoms with E-state index in [2.05, 4.69) is 22.8 Å². The highest BCUT2D eigenvalue weighted by Gasteiger charge is 2.22. The molecule has 0 spiro atoms. The van der Waals surface area contributed by atoms with E-state index in [-0.39, 0.29) is 6.10 Å². The second-order valence-electron chi connectivity index (χ2n) is 3.60. The van der Waals surface area contributed by atoms with E-state index in [4.69, 9.17) is 0 Å². The number of thiophene rings is 1. The molecule has 0 aromatic carbocycles. The zero-order valence-corrected chi connectivity index (χ0v) is 8.39. The van der Waals surface area contributed by atoms with Gasteiger partial charge in [-0.15, -0.1) is 11.3 Å². The van der Waals surface area contributed by atoms with Crippen molar-refractivity contribution < 1.29 is 5.11 Å². The van der Waals surface area contributed by atoms with Gasteiger partial charge in [-0.25, -0.2) is 0 Å². The van der Waals surface area contributed by atoms with Crippen LogP contribution in [0.5, 0.6) is 0 Å². The molecule has 3 heteroatoms. The minimum Gasteiger partial charge on any atom is -0.393 e. The summed E-state index contributed by atoms with van der Waals surface area (Å²) in [5.41, 5.74) is 0. The highest BCUT2D eigenvalue weighted by Crippen LogP contribution is 2.19. The Bertz CT molecular complexity index is 247. The van der Waals surface area contributed by atoms with Gasteiger partial charge in [0.1, 0.15) is 0 Å². The molecule has 0 aliphatic carbocycles. The molecule has 1 saturated heterocycles. The second-order valence-corrected chi connectivity index (χ2v) is 4.64. The summed E-state index contributed by atoms with van der Waals surface area (Å²) in [4.78, 5) is 1.38. The van der Waals surface area contributed by atoms with Gasteiger partial charge in [-0.05, 0) is 30.8 Å². The zero-order valence-electron chi connectivity index (χ0n) is 7.57. The van der Waals surface area contributed by atoms with Crippen LogP contribution in [0.1, 0.15) is 11.3 Å². The second kappa shape index (κ2) is 4.22. The molecule has 2 nitrogen and oxygen atoms in total. The first-order valence-electron chi connectivity index (χ1n) is 4.77. The molecular weight excluding hydrogens is 182 g/mol. The Morgan fingerprint density at radius 3 is 3.23 bits per heavy atom. The summed E-state index contributed by atoms with van der Waals surface area (Å²) in [6.45, 7) is 1.92. The fourth-order valence-corrected chi connectivity index (χ4v) is 2.60. The molecule has 1 aromatic rings. The van der Waals surface area contributed by atoms with E-state index >= 15 is 0 Å². The van der Waals surface area contributed by atoms with Gasteiger partial charge in [0.15, 0.2) is 0 Å². The van der Waals surface area contributed by atoms with Crippen LogP contribution in [0.2, 0.25) is 0 Å². The Labute approximate surface area is 82.6 Å². The smallest absolute Gasteiger partial charge is 0.0596 e. The number of piperidine rings is 1. The van der Waals surface area contributed by atoms with Crippen molar-refractivity contribution >= 4 is 11.3 Å². The van der Waals surface area contributed by atoms with Gasteiger partial charge in [0.2, 0.25) is 0 Å². The molecule has 2 atom stereocenters. The Morgan fingerprint density at radius 1 is 1.62 bits per heavy atom. The monoisotopic (exact) mass is 197 g/mol. The molecule has 1 aliphatic heterocycles. The molecule has 1 fully saturated rings. The molecule has 0 bridgehead atoms. The number of hydrogen-bond donors (Lipinski definition) is 2. The van der Waals surface area contributed by atoms with E-state index in [1.807, 2.05) is 0 Å². The van der Waals surface area contributed by atoms with Gasteiger partial charge in [0.25, 0.3) is 0 Å². The van der Waals surface area contributed by atoms with Gasteiger partial charge in [-0.3, -0.25) is 0 Å². The molecule has 1 aromatic heterocycles. The van der Waals surface area contributed by atoms with Gasteiger partial charge in [0.05, 0.1) is 6.10 Å². The summed E-state index contributed by atoms with van der Waals surface area (Å²) < 4.78 is 0. The highest BCUT2D eigenvalue weighted by atomic mass is 32.1. The summed E-state index contributed by atoms with van der Waals surface area (Å²) in [5.74, 6) is 0.410. The largest absolute Gasteiger partial charge is 0.393 e. The van der Waals surface area contributed by atoms with Crippen molar-refractivity contribution in [1.82, 2.24) is 5.32 Å². The number of aliphatic hydroxyl groups excluding tert-OH is 1. The van der Waals surface area contributed by atoms with Crippen LogP contribution >= 0.6 is 11.3 Å². The Kier molecular flexibility index (Phi) is 2.98. The number of aliphatic hydroxyl groups is 1. The van der Waals surface area contributed by atoms with Crippen molar-refractivity contribution in [3.8, 4) is 0 Å². The molecule has 72 valence electrons. The van der Waals surface area contributed by atoms with Crippen molar-refractivity contribution in [2.75, 3.05) is 13.1 Å². The van der Waals surface area contributed by atoms with E-state index < -0.39 is 0 Å². The van der Waals surface area contributed by atoms with Gasteiger partial charge in [-0.1, -0.05) is 6.07 Å². The quantitative estimate of drug-likeness (QED) is 0.748.